The number of hydrogen-bond acceptors (Lipinski definition) is 3. The lowest BCUT2D eigenvalue weighted by atomic mass is 10.1. The van der Waals surface area contributed by atoms with Crippen molar-refractivity contribution in [1.29, 1.82) is 0 Å². The molecule has 0 saturated heterocycles. The van der Waals surface area contributed by atoms with Crippen LogP contribution in [0.3, 0.4) is 0 Å². The molecule has 3 nitrogen and oxygen atoms in total. The van der Waals surface area contributed by atoms with Gasteiger partial charge < -0.3 is 15.2 Å². The largest absolute Gasteiger partial charge is 0.491 e. The first-order valence-electron chi connectivity index (χ1n) is 7.37. The molecule has 0 aliphatic rings. The van der Waals surface area contributed by atoms with E-state index in [1.807, 2.05) is 43.3 Å². The van der Waals surface area contributed by atoms with Gasteiger partial charge in [0.05, 0.1) is 0 Å². The summed E-state index contributed by atoms with van der Waals surface area (Å²) in [6, 6.07) is 16.1. The summed E-state index contributed by atoms with van der Waals surface area (Å²) in [5.74, 6) is 0.793. The maximum atomic E-state index is 9.95. The Bertz CT molecular complexity index is 551. The molecule has 2 aromatic rings. The van der Waals surface area contributed by atoms with E-state index in [4.69, 9.17) is 4.74 Å². The van der Waals surface area contributed by atoms with Gasteiger partial charge >= 0.3 is 0 Å². The second-order valence-electron chi connectivity index (χ2n) is 5.21. The maximum Gasteiger partial charge on any atom is 0.119 e. The minimum atomic E-state index is -0.545. The van der Waals surface area contributed by atoms with Crippen LogP contribution in [0.15, 0.2) is 48.5 Å². The fraction of sp³-hybridized carbons (Fsp3) is 0.333. The summed E-state index contributed by atoms with van der Waals surface area (Å²) in [6.45, 7) is 4.90. The molecule has 1 unspecified atom stereocenters. The molecule has 0 aromatic heterocycles. The highest BCUT2D eigenvalue weighted by atomic mass is 16.5. The normalized spacial score (nSPS) is 12.0. The number of hydrogen-bond donors (Lipinski definition) is 2. The Morgan fingerprint density at radius 3 is 2.57 bits per heavy atom. The van der Waals surface area contributed by atoms with Gasteiger partial charge in [0, 0.05) is 12.2 Å². The molecular formula is C18H23NO2. The van der Waals surface area contributed by atoms with Gasteiger partial charge in [-0.3, -0.25) is 0 Å². The molecule has 0 amide bonds. The molecule has 2 N–H and O–H groups in total. The number of rotatable bonds is 7. The Hall–Kier alpha value is -2.00. The SMILES string of the molecule is CCc1ccc(NCC(O)COc2cccc(C)c2)cc1. The van der Waals surface area contributed by atoms with Crippen molar-refractivity contribution in [1.82, 2.24) is 0 Å². The molecule has 0 spiro atoms. The highest BCUT2D eigenvalue weighted by Gasteiger charge is 2.05. The summed E-state index contributed by atoms with van der Waals surface area (Å²) in [4.78, 5) is 0. The van der Waals surface area contributed by atoms with Crippen LogP contribution in [0.5, 0.6) is 5.75 Å². The number of anilines is 1. The zero-order chi connectivity index (χ0) is 15.1. The summed E-state index contributed by atoms with van der Waals surface area (Å²) in [7, 11) is 0. The van der Waals surface area contributed by atoms with E-state index in [9.17, 15) is 5.11 Å². The van der Waals surface area contributed by atoms with Crippen LogP contribution in [0, 0.1) is 6.92 Å². The quantitative estimate of drug-likeness (QED) is 0.819. The average Bonchev–Trinajstić information content (AvgIpc) is 2.51. The molecule has 0 saturated carbocycles. The average molecular weight is 285 g/mol. The van der Waals surface area contributed by atoms with E-state index in [2.05, 4.69) is 24.4 Å². The summed E-state index contributed by atoms with van der Waals surface area (Å²) in [5.41, 5.74) is 3.47. The van der Waals surface area contributed by atoms with Crippen LogP contribution in [0.4, 0.5) is 5.69 Å². The van der Waals surface area contributed by atoms with E-state index in [0.29, 0.717) is 6.54 Å². The maximum absolute atomic E-state index is 9.95. The molecule has 21 heavy (non-hydrogen) atoms. The van der Waals surface area contributed by atoms with E-state index in [0.717, 1.165) is 23.4 Å². The second-order valence-corrected chi connectivity index (χ2v) is 5.21. The number of ether oxygens (including phenoxy) is 1. The zero-order valence-electron chi connectivity index (χ0n) is 12.7. The molecule has 1 atom stereocenters. The van der Waals surface area contributed by atoms with Gasteiger partial charge in [-0.05, 0) is 48.7 Å². The summed E-state index contributed by atoms with van der Waals surface area (Å²) in [6.07, 6.45) is 0.490. The molecule has 2 aromatic carbocycles. The first-order chi connectivity index (χ1) is 10.2. The Kier molecular flexibility index (Phi) is 5.64. The lowest BCUT2D eigenvalue weighted by Crippen LogP contribution is -2.26. The van der Waals surface area contributed by atoms with Gasteiger partial charge in [0.1, 0.15) is 18.5 Å². The van der Waals surface area contributed by atoms with E-state index < -0.39 is 6.10 Å². The van der Waals surface area contributed by atoms with Crippen LogP contribution in [0.25, 0.3) is 0 Å². The summed E-state index contributed by atoms with van der Waals surface area (Å²) < 4.78 is 5.58. The highest BCUT2D eigenvalue weighted by molar-refractivity contribution is 5.44. The Labute approximate surface area is 126 Å². The van der Waals surface area contributed by atoms with E-state index >= 15 is 0 Å². The Morgan fingerprint density at radius 2 is 1.90 bits per heavy atom. The third kappa shape index (κ3) is 5.12. The molecule has 0 aliphatic carbocycles. The molecular weight excluding hydrogens is 262 g/mol. The van der Waals surface area contributed by atoms with Crippen LogP contribution in [-0.4, -0.2) is 24.4 Å². The summed E-state index contributed by atoms with van der Waals surface area (Å²) in [5, 5.41) is 13.2. The van der Waals surface area contributed by atoms with E-state index in [1.54, 1.807) is 0 Å². The third-order valence-electron chi connectivity index (χ3n) is 3.34. The lowest BCUT2D eigenvalue weighted by molar-refractivity contribution is 0.117. The van der Waals surface area contributed by atoms with Crippen molar-refractivity contribution in [2.45, 2.75) is 26.4 Å². The zero-order valence-corrected chi connectivity index (χ0v) is 12.7. The number of benzene rings is 2. The molecule has 0 fully saturated rings. The van der Waals surface area contributed by atoms with Gasteiger partial charge in [-0.25, -0.2) is 0 Å². The second kappa shape index (κ2) is 7.70. The molecule has 2 rings (SSSR count). The van der Waals surface area contributed by atoms with E-state index in [1.165, 1.54) is 5.56 Å². The van der Waals surface area contributed by atoms with Crippen molar-refractivity contribution in [3.8, 4) is 5.75 Å². The predicted octanol–water partition coefficient (Wildman–Crippen LogP) is 3.41. The van der Waals surface area contributed by atoms with Gasteiger partial charge in [0.25, 0.3) is 0 Å². The fourth-order valence-corrected chi connectivity index (χ4v) is 2.05. The van der Waals surface area contributed by atoms with Crippen LogP contribution in [0.2, 0.25) is 0 Å². The van der Waals surface area contributed by atoms with Gasteiger partial charge in [-0.1, -0.05) is 31.2 Å². The number of aliphatic hydroxyl groups excluding tert-OH is 1. The van der Waals surface area contributed by atoms with Gasteiger partial charge in [-0.15, -0.1) is 0 Å². The van der Waals surface area contributed by atoms with Crippen LogP contribution < -0.4 is 10.1 Å². The van der Waals surface area contributed by atoms with Crippen molar-refractivity contribution in [3.05, 3.63) is 59.7 Å². The molecule has 0 aliphatic heterocycles. The van der Waals surface area contributed by atoms with Crippen molar-refractivity contribution in [2.24, 2.45) is 0 Å². The van der Waals surface area contributed by atoms with Crippen molar-refractivity contribution in [2.75, 3.05) is 18.5 Å². The molecule has 0 heterocycles. The monoisotopic (exact) mass is 285 g/mol. The minimum absolute atomic E-state index is 0.281. The molecule has 0 radical (unpaired) electrons. The Morgan fingerprint density at radius 1 is 1.14 bits per heavy atom. The van der Waals surface area contributed by atoms with Crippen molar-refractivity contribution in [3.63, 3.8) is 0 Å². The van der Waals surface area contributed by atoms with Crippen molar-refractivity contribution < 1.29 is 9.84 Å². The first-order valence-corrected chi connectivity index (χ1v) is 7.37. The van der Waals surface area contributed by atoms with Gasteiger partial charge in [0.2, 0.25) is 0 Å². The van der Waals surface area contributed by atoms with Gasteiger partial charge in [-0.2, -0.15) is 0 Å². The number of aryl methyl sites for hydroxylation is 2. The van der Waals surface area contributed by atoms with Crippen LogP contribution in [0.1, 0.15) is 18.1 Å². The van der Waals surface area contributed by atoms with Crippen LogP contribution >= 0.6 is 0 Å². The topological polar surface area (TPSA) is 41.5 Å². The predicted molar refractivity (Wildman–Crippen MR) is 87.0 cm³/mol. The van der Waals surface area contributed by atoms with Crippen LogP contribution in [-0.2, 0) is 6.42 Å². The minimum Gasteiger partial charge on any atom is -0.491 e. The summed E-state index contributed by atoms with van der Waals surface area (Å²) >= 11 is 0. The van der Waals surface area contributed by atoms with Gasteiger partial charge in [0.15, 0.2) is 0 Å². The smallest absolute Gasteiger partial charge is 0.119 e. The number of aliphatic hydroxyl groups is 1. The number of nitrogens with one attached hydrogen (secondary N) is 1. The molecule has 0 bridgehead atoms. The third-order valence-corrected chi connectivity index (χ3v) is 3.34. The van der Waals surface area contributed by atoms with Crippen molar-refractivity contribution >= 4 is 5.69 Å². The molecule has 112 valence electrons. The Balaban J connectivity index is 1.75. The fourth-order valence-electron chi connectivity index (χ4n) is 2.05. The van der Waals surface area contributed by atoms with E-state index in [-0.39, 0.29) is 6.61 Å². The molecule has 3 heteroatoms. The highest BCUT2D eigenvalue weighted by Crippen LogP contribution is 2.13. The lowest BCUT2D eigenvalue weighted by Gasteiger charge is -2.14. The standard InChI is InChI=1S/C18H23NO2/c1-3-15-7-9-16(10-8-15)19-12-17(20)13-21-18-6-4-5-14(2)11-18/h4-11,17,19-20H,3,12-13H2,1-2H3. The first kappa shape index (κ1) is 15.4.